The Kier molecular flexibility index (Phi) is 3.62. The molecule has 2 aromatic rings. The third-order valence-corrected chi connectivity index (χ3v) is 2.84. The van der Waals surface area contributed by atoms with Gasteiger partial charge in [-0.05, 0) is 37.1 Å². The Bertz CT molecular complexity index is 535. The van der Waals surface area contributed by atoms with Gasteiger partial charge in [-0.15, -0.1) is 0 Å². The van der Waals surface area contributed by atoms with Crippen LogP contribution in [0.3, 0.4) is 0 Å². The molecule has 0 spiro atoms. The van der Waals surface area contributed by atoms with Crippen molar-refractivity contribution in [1.82, 2.24) is 14.8 Å². The highest BCUT2D eigenvalue weighted by Crippen LogP contribution is 2.23. The number of aromatic nitrogens is 3. The summed E-state index contributed by atoms with van der Waals surface area (Å²) >= 11 is 0. The van der Waals surface area contributed by atoms with E-state index in [4.69, 9.17) is 4.74 Å². The van der Waals surface area contributed by atoms with Crippen LogP contribution in [-0.4, -0.2) is 19.9 Å². The van der Waals surface area contributed by atoms with Crippen molar-refractivity contribution in [3.05, 3.63) is 41.5 Å². The molecular formula is C13H17N3O2. The van der Waals surface area contributed by atoms with Crippen molar-refractivity contribution in [3.8, 4) is 5.75 Å². The van der Waals surface area contributed by atoms with Gasteiger partial charge in [-0.3, -0.25) is 4.68 Å². The largest absolute Gasteiger partial charge is 0.485 e. The molecule has 0 fully saturated rings. The Morgan fingerprint density at radius 1 is 1.44 bits per heavy atom. The summed E-state index contributed by atoms with van der Waals surface area (Å²) in [6.45, 7) is 4.08. The molecule has 96 valence electrons. The molecule has 1 unspecified atom stereocenters. The Hall–Kier alpha value is -1.88. The van der Waals surface area contributed by atoms with E-state index in [0.29, 0.717) is 6.61 Å². The van der Waals surface area contributed by atoms with Gasteiger partial charge in [-0.2, -0.15) is 5.10 Å². The zero-order valence-electron chi connectivity index (χ0n) is 10.8. The van der Waals surface area contributed by atoms with E-state index >= 15 is 0 Å². The van der Waals surface area contributed by atoms with E-state index in [-0.39, 0.29) is 0 Å². The van der Waals surface area contributed by atoms with Crippen LogP contribution in [0.5, 0.6) is 5.75 Å². The van der Waals surface area contributed by atoms with Gasteiger partial charge in [0.1, 0.15) is 18.7 Å². The topological polar surface area (TPSA) is 60.2 Å². The summed E-state index contributed by atoms with van der Waals surface area (Å²) in [6.07, 6.45) is 1.04. The maximum absolute atomic E-state index is 9.49. The molecule has 18 heavy (non-hydrogen) atoms. The molecule has 1 N–H and O–H groups in total. The van der Waals surface area contributed by atoms with Crippen molar-refractivity contribution in [3.63, 3.8) is 0 Å². The first-order valence-electron chi connectivity index (χ1n) is 5.82. The number of benzene rings is 1. The van der Waals surface area contributed by atoms with Crippen molar-refractivity contribution >= 4 is 0 Å². The minimum Gasteiger partial charge on any atom is -0.485 e. The molecule has 1 atom stereocenters. The van der Waals surface area contributed by atoms with Gasteiger partial charge in [-0.25, -0.2) is 4.98 Å². The number of rotatable bonds is 4. The van der Waals surface area contributed by atoms with Crippen LogP contribution in [0.1, 0.15) is 30.0 Å². The summed E-state index contributed by atoms with van der Waals surface area (Å²) in [5, 5.41) is 13.5. The lowest BCUT2D eigenvalue weighted by atomic mass is 10.1. The molecule has 0 radical (unpaired) electrons. The van der Waals surface area contributed by atoms with Crippen LogP contribution in [0.2, 0.25) is 0 Å². The van der Waals surface area contributed by atoms with Gasteiger partial charge >= 0.3 is 0 Å². The number of aliphatic hydroxyl groups is 1. The van der Waals surface area contributed by atoms with Crippen LogP contribution < -0.4 is 4.74 Å². The molecule has 0 saturated heterocycles. The van der Waals surface area contributed by atoms with E-state index < -0.39 is 6.10 Å². The van der Waals surface area contributed by atoms with Gasteiger partial charge in [0.05, 0.1) is 6.10 Å². The van der Waals surface area contributed by atoms with E-state index in [1.54, 1.807) is 11.6 Å². The molecule has 0 saturated carbocycles. The second-order valence-electron chi connectivity index (χ2n) is 4.29. The summed E-state index contributed by atoms with van der Waals surface area (Å²) in [6, 6.07) is 5.66. The van der Waals surface area contributed by atoms with Crippen molar-refractivity contribution in [2.75, 3.05) is 0 Å². The number of hydrogen-bond acceptors (Lipinski definition) is 4. The highest BCUT2D eigenvalue weighted by atomic mass is 16.5. The van der Waals surface area contributed by atoms with E-state index in [1.807, 2.05) is 32.2 Å². The first-order chi connectivity index (χ1) is 8.58. The Morgan fingerprint density at radius 2 is 2.22 bits per heavy atom. The zero-order valence-corrected chi connectivity index (χ0v) is 10.8. The molecule has 5 heteroatoms. The van der Waals surface area contributed by atoms with E-state index in [2.05, 4.69) is 10.1 Å². The van der Waals surface area contributed by atoms with Gasteiger partial charge < -0.3 is 9.84 Å². The third-order valence-electron chi connectivity index (χ3n) is 2.84. The molecule has 0 aliphatic rings. The van der Waals surface area contributed by atoms with Crippen LogP contribution in [-0.2, 0) is 13.7 Å². The lowest BCUT2D eigenvalue weighted by molar-refractivity contribution is 0.199. The molecule has 1 heterocycles. The average molecular weight is 247 g/mol. The number of aliphatic hydroxyl groups excluding tert-OH is 1. The molecule has 1 aromatic heterocycles. The molecule has 2 rings (SSSR count). The van der Waals surface area contributed by atoms with Crippen molar-refractivity contribution in [1.29, 1.82) is 0 Å². The molecule has 0 aliphatic heterocycles. The maximum Gasteiger partial charge on any atom is 0.164 e. The van der Waals surface area contributed by atoms with E-state index in [9.17, 15) is 5.11 Å². The monoisotopic (exact) mass is 247 g/mol. The van der Waals surface area contributed by atoms with Gasteiger partial charge in [0.25, 0.3) is 0 Å². The summed E-state index contributed by atoms with van der Waals surface area (Å²) in [5.41, 5.74) is 1.88. The number of hydrogen-bond donors (Lipinski definition) is 1. The predicted octanol–water partition coefficient (Wildman–Crippen LogP) is 1.76. The fourth-order valence-corrected chi connectivity index (χ4v) is 1.69. The average Bonchev–Trinajstić information content (AvgIpc) is 2.73. The molecular weight excluding hydrogens is 230 g/mol. The maximum atomic E-state index is 9.49. The summed E-state index contributed by atoms with van der Waals surface area (Å²) in [4.78, 5) is 4.09. The smallest absolute Gasteiger partial charge is 0.164 e. The summed E-state index contributed by atoms with van der Waals surface area (Å²) in [7, 11) is 1.83. The normalized spacial score (nSPS) is 12.4. The fourth-order valence-electron chi connectivity index (χ4n) is 1.69. The van der Waals surface area contributed by atoms with Crippen LogP contribution in [0.25, 0.3) is 0 Å². The molecule has 0 amide bonds. The Labute approximate surface area is 106 Å². The van der Waals surface area contributed by atoms with Crippen LogP contribution in [0, 0.1) is 6.92 Å². The number of ether oxygens (including phenoxy) is 1. The van der Waals surface area contributed by atoms with Crippen LogP contribution >= 0.6 is 0 Å². The molecule has 1 aromatic carbocycles. The fraction of sp³-hybridized carbons (Fsp3) is 0.385. The highest BCUT2D eigenvalue weighted by molar-refractivity contribution is 5.36. The van der Waals surface area contributed by atoms with Crippen LogP contribution in [0.4, 0.5) is 0 Å². The minimum absolute atomic E-state index is 0.380. The lowest BCUT2D eigenvalue weighted by Crippen LogP contribution is -2.05. The second kappa shape index (κ2) is 5.18. The lowest BCUT2D eigenvalue weighted by Gasteiger charge is -2.11. The van der Waals surface area contributed by atoms with E-state index in [0.717, 1.165) is 22.7 Å². The van der Waals surface area contributed by atoms with Crippen molar-refractivity contribution in [2.24, 2.45) is 7.05 Å². The molecule has 0 bridgehead atoms. The third kappa shape index (κ3) is 2.68. The van der Waals surface area contributed by atoms with Crippen LogP contribution in [0.15, 0.2) is 24.5 Å². The van der Waals surface area contributed by atoms with Gasteiger partial charge in [0, 0.05) is 7.05 Å². The Morgan fingerprint density at radius 3 is 2.78 bits per heavy atom. The number of aryl methyl sites for hydroxylation is 2. The molecule has 0 aliphatic carbocycles. The number of nitrogens with zero attached hydrogens (tertiary/aromatic N) is 3. The first kappa shape index (κ1) is 12.6. The summed E-state index contributed by atoms with van der Waals surface area (Å²) < 4.78 is 7.37. The molecule has 5 nitrogen and oxygen atoms in total. The SMILES string of the molecule is Cc1cc(C(C)O)ccc1OCc1ncnn1C. The Balaban J connectivity index is 2.08. The predicted molar refractivity (Wildman–Crippen MR) is 67.1 cm³/mol. The van der Waals surface area contributed by atoms with Gasteiger partial charge in [0.2, 0.25) is 0 Å². The van der Waals surface area contributed by atoms with Crippen molar-refractivity contribution < 1.29 is 9.84 Å². The minimum atomic E-state index is -0.462. The quantitative estimate of drug-likeness (QED) is 0.894. The second-order valence-corrected chi connectivity index (χ2v) is 4.29. The van der Waals surface area contributed by atoms with E-state index in [1.165, 1.54) is 6.33 Å². The standard InChI is InChI=1S/C13H17N3O2/c1-9-6-11(10(2)17)4-5-12(9)18-7-13-14-8-15-16(13)3/h4-6,8,10,17H,7H2,1-3H3. The zero-order chi connectivity index (χ0) is 13.1. The van der Waals surface area contributed by atoms with Gasteiger partial charge in [-0.1, -0.05) is 6.07 Å². The van der Waals surface area contributed by atoms with Crippen molar-refractivity contribution in [2.45, 2.75) is 26.6 Å². The highest BCUT2D eigenvalue weighted by Gasteiger charge is 2.07. The first-order valence-corrected chi connectivity index (χ1v) is 5.82. The summed E-state index contributed by atoms with van der Waals surface area (Å²) in [5.74, 6) is 1.57. The van der Waals surface area contributed by atoms with Gasteiger partial charge in [0.15, 0.2) is 5.82 Å².